The van der Waals surface area contributed by atoms with Crippen LogP contribution in [0.25, 0.3) is 0 Å². The lowest BCUT2D eigenvalue weighted by molar-refractivity contribution is -0.123. The molecule has 0 saturated carbocycles. The second-order valence-corrected chi connectivity index (χ2v) is 5.99. The molecule has 0 saturated heterocycles. The van der Waals surface area contributed by atoms with Crippen LogP contribution in [0.5, 0.6) is 5.75 Å². The maximum Gasteiger partial charge on any atom is 0.276 e. The van der Waals surface area contributed by atoms with Crippen LogP contribution < -0.4 is 15.6 Å². The molecular formula is C17H16BrFN2O3. The minimum Gasteiger partial charge on any atom is -0.483 e. The zero-order valence-corrected chi connectivity index (χ0v) is 14.7. The van der Waals surface area contributed by atoms with E-state index in [1.54, 1.807) is 0 Å². The summed E-state index contributed by atoms with van der Waals surface area (Å²) in [6, 6.07) is 9.31. The number of hydrazine groups is 1. The van der Waals surface area contributed by atoms with E-state index in [1.807, 2.05) is 32.0 Å². The standard InChI is InChI=1S/C17H16BrFN2O3/c1-10-4-3-5-11(2)16(10)24-9-15(22)20-21-17(23)13-7-6-12(19)8-14(13)18/h3-8H,9H2,1-2H3,(H,20,22)(H,21,23). The molecule has 0 atom stereocenters. The number of para-hydroxylation sites is 1. The second kappa shape index (κ2) is 7.92. The van der Waals surface area contributed by atoms with Gasteiger partial charge in [0.2, 0.25) is 0 Å². The van der Waals surface area contributed by atoms with Gasteiger partial charge in [-0.25, -0.2) is 4.39 Å². The second-order valence-electron chi connectivity index (χ2n) is 5.14. The van der Waals surface area contributed by atoms with Gasteiger partial charge in [0.1, 0.15) is 11.6 Å². The SMILES string of the molecule is Cc1cccc(C)c1OCC(=O)NNC(=O)c1ccc(F)cc1Br. The largest absolute Gasteiger partial charge is 0.483 e. The van der Waals surface area contributed by atoms with Crippen LogP contribution in [0.15, 0.2) is 40.9 Å². The van der Waals surface area contributed by atoms with Crippen molar-refractivity contribution in [2.24, 2.45) is 0 Å². The molecule has 0 radical (unpaired) electrons. The van der Waals surface area contributed by atoms with E-state index in [4.69, 9.17) is 4.74 Å². The lowest BCUT2D eigenvalue weighted by atomic mass is 10.1. The van der Waals surface area contributed by atoms with Gasteiger partial charge in [-0.3, -0.25) is 20.4 Å². The zero-order valence-electron chi connectivity index (χ0n) is 13.2. The van der Waals surface area contributed by atoms with E-state index in [1.165, 1.54) is 12.1 Å². The molecule has 0 unspecified atom stereocenters. The molecule has 0 aliphatic carbocycles. The number of hydrogen-bond donors (Lipinski definition) is 2. The normalized spacial score (nSPS) is 10.2. The molecule has 2 aromatic rings. The topological polar surface area (TPSA) is 67.4 Å². The molecular weight excluding hydrogens is 379 g/mol. The van der Waals surface area contributed by atoms with E-state index in [-0.39, 0.29) is 12.2 Å². The molecule has 0 aliphatic rings. The number of nitrogens with one attached hydrogen (secondary N) is 2. The lowest BCUT2D eigenvalue weighted by Gasteiger charge is -2.12. The van der Waals surface area contributed by atoms with Crippen molar-refractivity contribution in [1.29, 1.82) is 0 Å². The summed E-state index contributed by atoms with van der Waals surface area (Å²) in [5, 5.41) is 0. The van der Waals surface area contributed by atoms with Crippen LogP contribution in [0.1, 0.15) is 21.5 Å². The lowest BCUT2D eigenvalue weighted by Crippen LogP contribution is -2.44. The summed E-state index contributed by atoms with van der Waals surface area (Å²) in [7, 11) is 0. The number of amides is 2. The van der Waals surface area contributed by atoms with Gasteiger partial charge in [0.05, 0.1) is 5.56 Å². The van der Waals surface area contributed by atoms with E-state index in [9.17, 15) is 14.0 Å². The van der Waals surface area contributed by atoms with E-state index >= 15 is 0 Å². The highest BCUT2D eigenvalue weighted by molar-refractivity contribution is 9.10. The third-order valence-corrected chi connectivity index (χ3v) is 3.90. The molecule has 0 fully saturated rings. The average Bonchev–Trinajstić information content (AvgIpc) is 2.52. The van der Waals surface area contributed by atoms with Crippen molar-refractivity contribution in [1.82, 2.24) is 10.9 Å². The van der Waals surface area contributed by atoms with Gasteiger partial charge in [-0.05, 0) is 59.1 Å². The molecule has 0 heterocycles. The molecule has 0 spiro atoms. The smallest absolute Gasteiger partial charge is 0.276 e. The highest BCUT2D eigenvalue weighted by Gasteiger charge is 2.12. The van der Waals surface area contributed by atoms with E-state index in [0.29, 0.717) is 10.2 Å². The minimum absolute atomic E-state index is 0.201. The predicted octanol–water partition coefficient (Wildman–Crippen LogP) is 3.05. The van der Waals surface area contributed by atoms with Crippen molar-refractivity contribution in [3.05, 3.63) is 63.4 Å². The van der Waals surface area contributed by atoms with Crippen LogP contribution in [0.4, 0.5) is 4.39 Å². The van der Waals surface area contributed by atoms with Crippen molar-refractivity contribution in [2.45, 2.75) is 13.8 Å². The Morgan fingerprint density at radius 3 is 2.42 bits per heavy atom. The van der Waals surface area contributed by atoms with Gasteiger partial charge in [-0.1, -0.05) is 18.2 Å². The number of halogens is 2. The Morgan fingerprint density at radius 1 is 1.12 bits per heavy atom. The number of rotatable bonds is 4. The first-order valence-electron chi connectivity index (χ1n) is 7.11. The number of carbonyl (C=O) groups excluding carboxylic acids is 2. The van der Waals surface area contributed by atoms with Crippen LogP contribution in [-0.2, 0) is 4.79 Å². The van der Waals surface area contributed by atoms with Crippen molar-refractivity contribution in [3.8, 4) is 5.75 Å². The Hall–Kier alpha value is -2.41. The average molecular weight is 395 g/mol. The molecule has 0 aromatic heterocycles. The van der Waals surface area contributed by atoms with Crippen molar-refractivity contribution >= 4 is 27.7 Å². The minimum atomic E-state index is -0.567. The maximum atomic E-state index is 13.0. The molecule has 7 heteroatoms. The summed E-state index contributed by atoms with van der Waals surface area (Å²) in [5.41, 5.74) is 6.55. The fourth-order valence-corrected chi connectivity index (χ4v) is 2.60. The van der Waals surface area contributed by atoms with Crippen molar-refractivity contribution in [2.75, 3.05) is 6.61 Å². The molecule has 0 bridgehead atoms. The van der Waals surface area contributed by atoms with Gasteiger partial charge in [0, 0.05) is 4.47 Å². The molecule has 2 rings (SSSR count). The first kappa shape index (κ1) is 17.9. The highest BCUT2D eigenvalue weighted by Crippen LogP contribution is 2.22. The summed E-state index contributed by atoms with van der Waals surface area (Å²) in [4.78, 5) is 23.7. The van der Waals surface area contributed by atoms with Gasteiger partial charge >= 0.3 is 0 Å². The monoisotopic (exact) mass is 394 g/mol. The fraction of sp³-hybridized carbons (Fsp3) is 0.176. The Balaban J connectivity index is 1.88. The summed E-state index contributed by atoms with van der Waals surface area (Å²) in [5.74, 6) is -0.906. The Bertz CT molecular complexity index is 760. The molecule has 2 aromatic carbocycles. The fourth-order valence-electron chi connectivity index (χ4n) is 2.07. The van der Waals surface area contributed by atoms with Crippen LogP contribution in [0.3, 0.4) is 0 Å². The molecule has 24 heavy (non-hydrogen) atoms. The van der Waals surface area contributed by atoms with Crippen LogP contribution in [0.2, 0.25) is 0 Å². The molecule has 126 valence electrons. The Kier molecular flexibility index (Phi) is 5.92. The summed E-state index contributed by atoms with van der Waals surface area (Å²) >= 11 is 3.09. The third kappa shape index (κ3) is 4.55. The Morgan fingerprint density at radius 2 is 1.79 bits per heavy atom. The Labute approximate surface area is 147 Å². The van der Waals surface area contributed by atoms with E-state index in [2.05, 4.69) is 26.8 Å². The third-order valence-electron chi connectivity index (χ3n) is 3.25. The number of carbonyl (C=O) groups is 2. The predicted molar refractivity (Wildman–Crippen MR) is 91.1 cm³/mol. The number of aryl methyl sites for hydroxylation is 2. The number of hydrogen-bond acceptors (Lipinski definition) is 3. The quantitative estimate of drug-likeness (QED) is 0.783. The van der Waals surface area contributed by atoms with E-state index in [0.717, 1.165) is 17.2 Å². The molecule has 0 aliphatic heterocycles. The van der Waals surface area contributed by atoms with Crippen LogP contribution in [0, 0.1) is 19.7 Å². The van der Waals surface area contributed by atoms with Crippen LogP contribution in [-0.4, -0.2) is 18.4 Å². The van der Waals surface area contributed by atoms with Gasteiger partial charge in [0.25, 0.3) is 11.8 Å². The van der Waals surface area contributed by atoms with Gasteiger partial charge < -0.3 is 4.74 Å². The van der Waals surface area contributed by atoms with Gasteiger partial charge in [-0.15, -0.1) is 0 Å². The molecule has 5 nitrogen and oxygen atoms in total. The van der Waals surface area contributed by atoms with Gasteiger partial charge in [-0.2, -0.15) is 0 Å². The van der Waals surface area contributed by atoms with Crippen molar-refractivity contribution < 1.29 is 18.7 Å². The number of benzene rings is 2. The number of ether oxygens (including phenoxy) is 1. The summed E-state index contributed by atoms with van der Waals surface area (Å²) in [6.07, 6.45) is 0. The van der Waals surface area contributed by atoms with Gasteiger partial charge in [0.15, 0.2) is 6.61 Å². The van der Waals surface area contributed by atoms with Crippen LogP contribution >= 0.6 is 15.9 Å². The molecule has 2 N–H and O–H groups in total. The zero-order chi connectivity index (χ0) is 17.7. The first-order valence-corrected chi connectivity index (χ1v) is 7.91. The summed E-state index contributed by atoms with van der Waals surface area (Å²) in [6.45, 7) is 3.53. The highest BCUT2D eigenvalue weighted by atomic mass is 79.9. The first-order chi connectivity index (χ1) is 11.4. The maximum absolute atomic E-state index is 13.0. The van der Waals surface area contributed by atoms with Crippen molar-refractivity contribution in [3.63, 3.8) is 0 Å². The summed E-state index contributed by atoms with van der Waals surface area (Å²) < 4.78 is 18.8. The van der Waals surface area contributed by atoms with E-state index < -0.39 is 17.6 Å². The molecule has 2 amide bonds.